The highest BCUT2D eigenvalue weighted by atomic mass is 35.5. The van der Waals surface area contributed by atoms with Crippen molar-refractivity contribution in [2.75, 3.05) is 12.4 Å². The van der Waals surface area contributed by atoms with Crippen LogP contribution in [0, 0.1) is 5.82 Å². The summed E-state index contributed by atoms with van der Waals surface area (Å²) in [6.45, 7) is -0.246. The lowest BCUT2D eigenvalue weighted by Gasteiger charge is -2.13. The zero-order chi connectivity index (χ0) is 22.1. The maximum atomic E-state index is 14.1. The average molecular weight is 477 g/mol. The Morgan fingerprint density at radius 1 is 1.19 bits per heavy atom. The summed E-state index contributed by atoms with van der Waals surface area (Å²) in [5.41, 5.74) is 0.819. The fourth-order valence-electron chi connectivity index (χ4n) is 3.12. The molecule has 7 nitrogen and oxygen atoms in total. The fourth-order valence-corrected chi connectivity index (χ4v) is 3.72. The summed E-state index contributed by atoms with van der Waals surface area (Å²) in [6.07, 6.45) is 1.46. The smallest absolute Gasteiger partial charge is 0.293 e. The molecular formula is C22H19Cl2FN4O3. The number of fused-ring (bicyclic) bond motifs is 1. The molecule has 4 rings (SSSR count). The van der Waals surface area contributed by atoms with E-state index in [0.29, 0.717) is 26.6 Å². The first kappa shape index (κ1) is 23.5. The largest absolute Gasteiger partial charge is 0.412 e. The highest BCUT2D eigenvalue weighted by Crippen LogP contribution is 2.33. The van der Waals surface area contributed by atoms with Crippen LogP contribution in [-0.4, -0.2) is 26.9 Å². The van der Waals surface area contributed by atoms with E-state index in [1.54, 1.807) is 24.3 Å². The third-order valence-electron chi connectivity index (χ3n) is 4.58. The molecule has 0 fully saturated rings. The molecule has 2 aromatic heterocycles. The maximum Gasteiger partial charge on any atom is 0.293 e. The monoisotopic (exact) mass is 476 g/mol. The minimum Gasteiger partial charge on any atom is -0.412 e. The van der Waals surface area contributed by atoms with Crippen LogP contribution in [0.1, 0.15) is 13.0 Å². The molecule has 0 unspecified atom stereocenters. The van der Waals surface area contributed by atoms with Gasteiger partial charge in [-0.2, -0.15) is 4.98 Å². The normalized spacial score (nSPS) is 10.7. The van der Waals surface area contributed by atoms with Crippen molar-refractivity contribution < 1.29 is 14.3 Å². The minimum atomic E-state index is -0.547. The van der Waals surface area contributed by atoms with E-state index >= 15 is 0 Å². The molecule has 32 heavy (non-hydrogen) atoms. The van der Waals surface area contributed by atoms with Crippen LogP contribution in [0.4, 0.5) is 16.0 Å². The Hall–Kier alpha value is -3.20. The molecule has 2 heterocycles. The molecule has 0 radical (unpaired) electrons. The Morgan fingerprint density at radius 3 is 2.56 bits per heavy atom. The third-order valence-corrected chi connectivity index (χ3v) is 5.21. The van der Waals surface area contributed by atoms with Crippen LogP contribution in [0.5, 0.6) is 0 Å². The predicted molar refractivity (Wildman–Crippen MR) is 124 cm³/mol. The van der Waals surface area contributed by atoms with Crippen LogP contribution in [0.25, 0.3) is 22.2 Å². The molecule has 10 heteroatoms. The first-order valence-electron chi connectivity index (χ1n) is 9.01. The molecule has 0 aliphatic heterocycles. The summed E-state index contributed by atoms with van der Waals surface area (Å²) < 4.78 is 15.1. The lowest BCUT2D eigenvalue weighted by atomic mass is 10.1. The Kier molecular flexibility index (Phi) is 6.98. The van der Waals surface area contributed by atoms with Gasteiger partial charge < -0.3 is 15.3 Å². The highest BCUT2D eigenvalue weighted by molar-refractivity contribution is 6.39. The lowest BCUT2D eigenvalue weighted by Crippen LogP contribution is -2.27. The number of hydrogen-bond donors (Lipinski definition) is 2. The Morgan fingerprint density at radius 2 is 1.91 bits per heavy atom. The Balaban J connectivity index is 0.00000289. The van der Waals surface area contributed by atoms with Crippen molar-refractivity contribution in [1.82, 2.24) is 14.7 Å². The molecule has 0 bridgehead atoms. The Labute approximate surface area is 193 Å². The van der Waals surface area contributed by atoms with Crippen LogP contribution >= 0.6 is 23.2 Å². The van der Waals surface area contributed by atoms with E-state index in [1.165, 1.54) is 31.5 Å². The fraction of sp³-hybridized carbons (Fsp3) is 0.136. The van der Waals surface area contributed by atoms with Crippen molar-refractivity contribution in [1.29, 1.82) is 0 Å². The van der Waals surface area contributed by atoms with Crippen LogP contribution in [0.15, 0.2) is 53.5 Å². The quantitative estimate of drug-likeness (QED) is 0.428. The molecule has 0 atom stereocenters. The number of halogens is 3. The molecule has 166 valence electrons. The molecule has 2 N–H and O–H groups in total. The van der Waals surface area contributed by atoms with Gasteiger partial charge in [0.1, 0.15) is 12.9 Å². The average Bonchev–Trinajstić information content (AvgIpc) is 2.75. The lowest BCUT2D eigenvalue weighted by molar-refractivity contribution is 0.168. The zero-order valence-corrected chi connectivity index (χ0v) is 17.6. The number of aromatic nitrogens is 3. The number of aliphatic hydroxyl groups excluding tert-OH is 1. The molecule has 0 aliphatic carbocycles. The van der Waals surface area contributed by atoms with Gasteiger partial charge in [-0.15, -0.1) is 4.73 Å². The van der Waals surface area contributed by atoms with Gasteiger partial charge in [-0.25, -0.2) is 9.37 Å². The standard InChI is InChI=1S/C21H15Cl2FN4O3.CH4/c1-31-28-19-12(8-13(20(28)30)18-14(22)3-2-4-15(18)23)9-25-21(27-19)26-17-7-11(10-29)5-6-16(17)24;/h2-9,29H,10H2,1H3,(H,25,26,27);1H4. The van der Waals surface area contributed by atoms with E-state index in [0.717, 1.165) is 4.73 Å². The molecule has 0 saturated heterocycles. The number of aliphatic hydroxyl groups is 1. The number of benzene rings is 2. The van der Waals surface area contributed by atoms with Gasteiger partial charge in [0, 0.05) is 17.1 Å². The molecule has 0 saturated carbocycles. The van der Waals surface area contributed by atoms with E-state index in [2.05, 4.69) is 15.3 Å². The van der Waals surface area contributed by atoms with Crippen molar-refractivity contribution >= 4 is 45.9 Å². The minimum absolute atomic E-state index is 0. The number of nitrogens with zero attached hydrogens (tertiary/aromatic N) is 3. The van der Waals surface area contributed by atoms with Gasteiger partial charge in [0.05, 0.1) is 27.9 Å². The second kappa shape index (κ2) is 9.52. The second-order valence-electron chi connectivity index (χ2n) is 6.51. The molecule has 0 spiro atoms. The van der Waals surface area contributed by atoms with Gasteiger partial charge >= 0.3 is 0 Å². The maximum absolute atomic E-state index is 14.1. The van der Waals surface area contributed by atoms with Crippen molar-refractivity contribution in [3.05, 3.63) is 80.4 Å². The van der Waals surface area contributed by atoms with Crippen molar-refractivity contribution in [3.63, 3.8) is 0 Å². The van der Waals surface area contributed by atoms with Crippen LogP contribution in [-0.2, 0) is 6.61 Å². The summed E-state index contributed by atoms with van der Waals surface area (Å²) in [6, 6.07) is 10.6. The van der Waals surface area contributed by atoms with Crippen molar-refractivity contribution in [3.8, 4) is 11.1 Å². The van der Waals surface area contributed by atoms with E-state index in [-0.39, 0.29) is 36.9 Å². The van der Waals surface area contributed by atoms with Crippen molar-refractivity contribution in [2.24, 2.45) is 0 Å². The van der Waals surface area contributed by atoms with Gasteiger partial charge in [0.15, 0.2) is 5.65 Å². The predicted octanol–water partition coefficient (Wildman–Crippen LogP) is 4.83. The van der Waals surface area contributed by atoms with Crippen LogP contribution < -0.4 is 15.7 Å². The third kappa shape index (κ3) is 4.25. The van der Waals surface area contributed by atoms with Gasteiger partial charge in [-0.3, -0.25) is 4.79 Å². The molecule has 0 amide bonds. The van der Waals surface area contributed by atoms with E-state index in [1.807, 2.05) is 0 Å². The molecule has 4 aromatic rings. The summed E-state index contributed by atoms with van der Waals surface area (Å²) >= 11 is 12.5. The van der Waals surface area contributed by atoms with Gasteiger partial charge in [0.25, 0.3) is 5.56 Å². The highest BCUT2D eigenvalue weighted by Gasteiger charge is 2.18. The summed E-state index contributed by atoms with van der Waals surface area (Å²) in [7, 11) is 1.32. The number of nitrogens with one attached hydrogen (secondary N) is 1. The number of hydrogen-bond acceptors (Lipinski definition) is 6. The molecule has 0 aliphatic rings. The second-order valence-corrected chi connectivity index (χ2v) is 7.32. The molecular weight excluding hydrogens is 458 g/mol. The van der Waals surface area contributed by atoms with Crippen LogP contribution in [0.3, 0.4) is 0 Å². The number of pyridine rings is 1. The van der Waals surface area contributed by atoms with Crippen molar-refractivity contribution in [2.45, 2.75) is 14.0 Å². The first-order chi connectivity index (χ1) is 14.9. The first-order valence-corrected chi connectivity index (χ1v) is 9.76. The SMILES string of the molecule is C.COn1c(=O)c(-c2c(Cl)cccc2Cl)cc2cnc(Nc3cc(CO)ccc3F)nc21. The summed E-state index contributed by atoms with van der Waals surface area (Å²) in [5.74, 6) is -0.510. The van der Waals surface area contributed by atoms with Crippen LogP contribution in [0.2, 0.25) is 10.0 Å². The van der Waals surface area contributed by atoms with E-state index in [4.69, 9.17) is 28.0 Å². The summed E-state index contributed by atoms with van der Waals surface area (Å²) in [5, 5.41) is 13.1. The number of anilines is 2. The van der Waals surface area contributed by atoms with Gasteiger partial charge in [0.2, 0.25) is 5.95 Å². The number of rotatable bonds is 5. The summed E-state index contributed by atoms with van der Waals surface area (Å²) in [4.78, 5) is 26.8. The van der Waals surface area contributed by atoms with E-state index < -0.39 is 11.4 Å². The molecule has 2 aromatic carbocycles. The van der Waals surface area contributed by atoms with Gasteiger partial charge in [-0.05, 0) is 35.9 Å². The Bertz CT molecular complexity index is 1340. The zero-order valence-electron chi connectivity index (χ0n) is 16.1. The van der Waals surface area contributed by atoms with E-state index in [9.17, 15) is 14.3 Å². The van der Waals surface area contributed by atoms with Gasteiger partial charge in [-0.1, -0.05) is 42.8 Å². The topological polar surface area (TPSA) is 89.3 Å².